The zero-order valence-electron chi connectivity index (χ0n) is 37.2. The first-order chi connectivity index (χ1) is 31.6. The molecule has 9 rings (SSSR count). The van der Waals surface area contributed by atoms with E-state index in [2.05, 4.69) is 88.6 Å². The van der Waals surface area contributed by atoms with E-state index in [9.17, 15) is 19.5 Å². The van der Waals surface area contributed by atoms with Gasteiger partial charge in [0, 0.05) is 36.3 Å². The highest BCUT2D eigenvalue weighted by atomic mass is 32.2. The minimum atomic E-state index is -0.411. The van der Waals surface area contributed by atoms with E-state index in [0.29, 0.717) is 25.5 Å². The number of carbonyl (C=O) groups is 3. The van der Waals surface area contributed by atoms with Gasteiger partial charge in [-0.05, 0) is 103 Å². The highest BCUT2D eigenvalue weighted by molar-refractivity contribution is 8.15. The number of hydrogen-bond acceptors (Lipinski definition) is 9. The smallest absolute Gasteiger partial charge is 0.286 e. The summed E-state index contributed by atoms with van der Waals surface area (Å²) in [5.74, 6) is 1.55. The van der Waals surface area contributed by atoms with Crippen LogP contribution >= 0.6 is 11.8 Å². The van der Waals surface area contributed by atoms with Gasteiger partial charge in [-0.3, -0.25) is 19.7 Å². The molecule has 2 aliphatic rings. The van der Waals surface area contributed by atoms with E-state index in [-0.39, 0.29) is 34.8 Å². The van der Waals surface area contributed by atoms with Gasteiger partial charge in [0.15, 0.2) is 0 Å². The Morgan fingerprint density at radius 3 is 2.29 bits per heavy atom. The summed E-state index contributed by atoms with van der Waals surface area (Å²) in [6.45, 7) is 6.06. The number of para-hydroxylation sites is 1. The Morgan fingerprint density at radius 1 is 0.892 bits per heavy atom. The van der Waals surface area contributed by atoms with Crippen LogP contribution in [0.25, 0.3) is 21.9 Å². The lowest BCUT2D eigenvalue weighted by Crippen LogP contribution is -2.37. The number of aliphatic hydroxyl groups is 1. The molecule has 0 spiro atoms. The number of aliphatic hydroxyl groups excluding tert-OH is 1. The molecule has 0 radical (unpaired) electrons. The summed E-state index contributed by atoms with van der Waals surface area (Å²) >= 11 is 1.05. The number of anilines is 1. The predicted octanol–water partition coefficient (Wildman–Crippen LogP) is 9.47. The first kappa shape index (κ1) is 45.1. The molecule has 3 atom stereocenters. The minimum absolute atomic E-state index is 0.0000936. The molecule has 12 heteroatoms. The van der Waals surface area contributed by atoms with Gasteiger partial charge >= 0.3 is 0 Å². The SMILES string of the molecule is CN(CCOc1ccc(CC2SC(=O)NC2=O)cc1)c1ccccn1.Cc1cc(C)c2c3ccccc3n(Cc3ccc([C@@H](C(=O)N[C@@H](CO)c4ccccc4)C4CCCC4)cc3)c2n1. The molecule has 1 saturated carbocycles. The van der Waals surface area contributed by atoms with Crippen molar-refractivity contribution in [1.29, 1.82) is 0 Å². The summed E-state index contributed by atoms with van der Waals surface area (Å²) in [7, 11) is 1.97. The Kier molecular flexibility index (Phi) is 14.6. The maximum atomic E-state index is 13.7. The average molecular weight is 889 g/mol. The molecule has 1 aliphatic heterocycles. The van der Waals surface area contributed by atoms with Crippen LogP contribution in [-0.4, -0.2) is 68.8 Å². The molecular formula is C53H56N6O5S. The van der Waals surface area contributed by atoms with Crippen LogP contribution < -0.4 is 20.3 Å². The van der Waals surface area contributed by atoms with Gasteiger partial charge in [-0.2, -0.15) is 0 Å². The topological polar surface area (TPSA) is 139 Å². The zero-order chi connectivity index (χ0) is 45.3. The second kappa shape index (κ2) is 21.0. The number of aromatic nitrogens is 3. The summed E-state index contributed by atoms with van der Waals surface area (Å²) in [6, 6.07) is 42.0. The number of benzene rings is 4. The van der Waals surface area contributed by atoms with Crippen molar-refractivity contribution in [3.8, 4) is 5.75 Å². The third-order valence-electron chi connectivity index (χ3n) is 12.4. The van der Waals surface area contributed by atoms with E-state index in [0.717, 1.165) is 83.6 Å². The van der Waals surface area contributed by atoms with Gasteiger partial charge in [-0.25, -0.2) is 9.97 Å². The van der Waals surface area contributed by atoms with E-state index < -0.39 is 6.04 Å². The van der Waals surface area contributed by atoms with Gasteiger partial charge in [0.2, 0.25) is 11.8 Å². The number of ether oxygens (including phenoxy) is 1. The Hall–Kier alpha value is -6.50. The van der Waals surface area contributed by atoms with E-state index in [4.69, 9.17) is 9.72 Å². The second-order valence-corrected chi connectivity index (χ2v) is 18.2. The summed E-state index contributed by atoms with van der Waals surface area (Å²) in [5.41, 5.74) is 8.61. The molecule has 1 unspecified atom stereocenters. The third-order valence-corrected chi connectivity index (χ3v) is 13.4. The number of amides is 3. The van der Waals surface area contributed by atoms with Gasteiger partial charge in [0.25, 0.3) is 5.24 Å². The Bertz CT molecular complexity index is 2720. The Balaban J connectivity index is 0.000000198. The molecule has 3 aromatic heterocycles. The number of carbonyl (C=O) groups excluding carboxylic acids is 3. The number of rotatable bonds is 15. The molecule has 1 saturated heterocycles. The van der Waals surface area contributed by atoms with E-state index in [1.54, 1.807) is 6.20 Å². The van der Waals surface area contributed by atoms with Crippen LogP contribution in [0.2, 0.25) is 0 Å². The van der Waals surface area contributed by atoms with Crippen molar-refractivity contribution in [1.82, 2.24) is 25.2 Å². The Morgan fingerprint density at radius 2 is 1.60 bits per heavy atom. The number of hydrogen-bond donors (Lipinski definition) is 3. The van der Waals surface area contributed by atoms with Crippen LogP contribution in [0, 0.1) is 19.8 Å². The number of fused-ring (bicyclic) bond motifs is 3. The van der Waals surface area contributed by atoms with Crippen LogP contribution in [0.5, 0.6) is 5.75 Å². The third kappa shape index (κ3) is 10.9. The highest BCUT2D eigenvalue weighted by Gasteiger charge is 2.34. The first-order valence-corrected chi connectivity index (χ1v) is 23.3. The van der Waals surface area contributed by atoms with Crippen molar-refractivity contribution < 1.29 is 24.2 Å². The predicted molar refractivity (Wildman–Crippen MR) is 259 cm³/mol. The molecule has 7 aromatic rings. The molecule has 11 nitrogen and oxygen atoms in total. The summed E-state index contributed by atoms with van der Waals surface area (Å²) in [6.07, 6.45) is 6.73. The average Bonchev–Trinajstić information content (AvgIpc) is 4.05. The highest BCUT2D eigenvalue weighted by Crippen LogP contribution is 2.39. The van der Waals surface area contributed by atoms with Gasteiger partial charge in [0.05, 0.1) is 35.9 Å². The van der Waals surface area contributed by atoms with Crippen LogP contribution in [0.3, 0.4) is 0 Å². The van der Waals surface area contributed by atoms with Crippen molar-refractivity contribution in [2.45, 2.75) is 69.7 Å². The van der Waals surface area contributed by atoms with E-state index in [1.807, 2.05) is 84.7 Å². The number of thioether (sulfide) groups is 1. The minimum Gasteiger partial charge on any atom is -0.492 e. The van der Waals surface area contributed by atoms with Crippen molar-refractivity contribution >= 4 is 56.6 Å². The van der Waals surface area contributed by atoms with Gasteiger partial charge in [-0.1, -0.05) is 116 Å². The maximum absolute atomic E-state index is 13.7. The number of nitrogens with zero attached hydrogens (tertiary/aromatic N) is 4. The number of nitrogens with one attached hydrogen (secondary N) is 2. The lowest BCUT2D eigenvalue weighted by Gasteiger charge is -2.26. The van der Waals surface area contributed by atoms with Crippen molar-refractivity contribution in [3.05, 3.63) is 167 Å². The maximum Gasteiger partial charge on any atom is 0.286 e. The number of pyridine rings is 2. The quantitative estimate of drug-likeness (QED) is 0.0919. The molecule has 2 fully saturated rings. The van der Waals surface area contributed by atoms with Gasteiger partial charge < -0.3 is 24.6 Å². The molecule has 3 amide bonds. The molecule has 3 N–H and O–H groups in total. The van der Waals surface area contributed by atoms with Crippen molar-refractivity contribution in [2.24, 2.45) is 5.92 Å². The molecule has 334 valence electrons. The summed E-state index contributed by atoms with van der Waals surface area (Å²) in [5, 5.41) is 17.4. The number of imide groups is 1. The van der Waals surface area contributed by atoms with Crippen LogP contribution in [0.15, 0.2) is 134 Å². The van der Waals surface area contributed by atoms with Crippen LogP contribution in [-0.2, 0) is 22.6 Å². The second-order valence-electron chi connectivity index (χ2n) is 17.0. The van der Waals surface area contributed by atoms with Gasteiger partial charge in [0.1, 0.15) is 23.8 Å². The normalized spacial score (nSPS) is 15.9. The fraction of sp³-hybridized carbons (Fsp3) is 0.302. The van der Waals surface area contributed by atoms with Crippen molar-refractivity contribution in [3.63, 3.8) is 0 Å². The molecule has 65 heavy (non-hydrogen) atoms. The van der Waals surface area contributed by atoms with Gasteiger partial charge in [-0.15, -0.1) is 0 Å². The largest absolute Gasteiger partial charge is 0.492 e. The molecular weight excluding hydrogens is 833 g/mol. The monoisotopic (exact) mass is 888 g/mol. The lowest BCUT2D eigenvalue weighted by molar-refractivity contribution is -0.125. The number of likely N-dealkylation sites (N-methyl/N-ethyl adjacent to an activating group) is 1. The zero-order valence-corrected chi connectivity index (χ0v) is 38.0. The van der Waals surface area contributed by atoms with E-state index >= 15 is 0 Å². The van der Waals surface area contributed by atoms with Crippen LogP contribution in [0.1, 0.15) is 71.2 Å². The standard InChI is InChI=1S/C35H37N3O2.C18H19N3O3S/c1-23-20-24(2)36-34-32(23)29-14-8-9-15-31(29)38(34)21-25-16-18-28(19-17-25)33(27-12-6-7-13-27)35(40)37-30(22-39)26-10-4-3-5-11-26;1-21(16-4-2-3-9-19-16)10-11-24-14-7-5-13(6-8-14)12-15-17(22)20-18(23)25-15/h3-5,8-11,14-20,27,30,33,39H,6-7,12-13,21-22H2,1-2H3,(H,37,40);2-9,15H,10-12H2,1H3,(H,20,22,23)/t30-,33-;/m0./s1. The fourth-order valence-corrected chi connectivity index (χ4v) is 9.98. The molecule has 0 bridgehead atoms. The van der Waals surface area contributed by atoms with Crippen molar-refractivity contribution in [2.75, 3.05) is 31.7 Å². The summed E-state index contributed by atoms with van der Waals surface area (Å²) in [4.78, 5) is 47.8. The molecule has 1 aliphatic carbocycles. The molecule has 4 aromatic carbocycles. The first-order valence-electron chi connectivity index (χ1n) is 22.4. The molecule has 4 heterocycles. The summed E-state index contributed by atoms with van der Waals surface area (Å²) < 4.78 is 8.07. The number of aryl methyl sites for hydroxylation is 2. The van der Waals surface area contributed by atoms with E-state index in [1.165, 1.54) is 27.4 Å². The lowest BCUT2D eigenvalue weighted by atomic mass is 9.83. The Labute approximate surface area is 384 Å². The van der Waals surface area contributed by atoms with Crippen LogP contribution in [0.4, 0.5) is 10.6 Å². The fourth-order valence-electron chi connectivity index (χ4n) is 9.12.